The minimum Gasteiger partial charge on any atom is -0.439 e. The summed E-state index contributed by atoms with van der Waals surface area (Å²) >= 11 is 0. The number of aromatic nitrogens is 1. The van der Waals surface area contributed by atoms with Gasteiger partial charge in [0.05, 0.1) is 6.54 Å². The number of piperazine rings is 1. The second kappa shape index (κ2) is 4.71. The van der Waals surface area contributed by atoms with Gasteiger partial charge in [0, 0.05) is 26.2 Å². The topological polar surface area (TPSA) is 32.5 Å². The third-order valence-electron chi connectivity index (χ3n) is 3.54. The number of fused-ring (bicyclic) bond motifs is 1. The first kappa shape index (κ1) is 11.7. The highest BCUT2D eigenvalue weighted by atomic mass is 16.3. The first-order valence-electron chi connectivity index (χ1n) is 6.48. The monoisotopic (exact) mass is 245 g/mol. The molecule has 0 N–H and O–H groups in total. The molecule has 18 heavy (non-hydrogen) atoms. The predicted octanol–water partition coefficient (Wildman–Crippen LogP) is 1.88. The van der Waals surface area contributed by atoms with Crippen LogP contribution in [0.4, 0.5) is 0 Å². The van der Waals surface area contributed by atoms with Crippen LogP contribution in [0, 0.1) is 6.92 Å². The molecule has 0 bridgehead atoms. The maximum absolute atomic E-state index is 5.79. The van der Waals surface area contributed by atoms with Crippen molar-refractivity contribution >= 4 is 11.1 Å². The molecular formula is C14H19N3O. The first-order valence-corrected chi connectivity index (χ1v) is 6.48. The minimum atomic E-state index is 0.821. The van der Waals surface area contributed by atoms with E-state index in [1.807, 2.05) is 6.07 Å². The van der Waals surface area contributed by atoms with Crippen molar-refractivity contribution in [2.24, 2.45) is 0 Å². The summed E-state index contributed by atoms with van der Waals surface area (Å²) in [6.45, 7) is 7.33. The molecule has 1 aromatic heterocycles. The van der Waals surface area contributed by atoms with E-state index in [0.29, 0.717) is 0 Å². The lowest BCUT2D eigenvalue weighted by atomic mass is 10.2. The molecule has 1 fully saturated rings. The van der Waals surface area contributed by atoms with Crippen molar-refractivity contribution in [2.75, 3.05) is 33.2 Å². The van der Waals surface area contributed by atoms with Crippen LogP contribution in [0.25, 0.3) is 11.1 Å². The molecule has 1 saturated heterocycles. The molecule has 4 nitrogen and oxygen atoms in total. The van der Waals surface area contributed by atoms with E-state index in [0.717, 1.165) is 49.7 Å². The number of rotatable bonds is 2. The van der Waals surface area contributed by atoms with Crippen LogP contribution in [-0.2, 0) is 6.54 Å². The molecule has 3 rings (SSSR count). The normalized spacial score (nSPS) is 18.6. The van der Waals surface area contributed by atoms with Crippen molar-refractivity contribution < 1.29 is 4.42 Å². The van der Waals surface area contributed by atoms with Crippen LogP contribution in [0.3, 0.4) is 0 Å². The van der Waals surface area contributed by atoms with Gasteiger partial charge in [-0.05, 0) is 31.7 Å². The number of likely N-dealkylation sites (N-methyl/N-ethyl adjacent to an activating group) is 1. The predicted molar refractivity (Wildman–Crippen MR) is 71.5 cm³/mol. The van der Waals surface area contributed by atoms with Gasteiger partial charge in [-0.25, -0.2) is 4.98 Å². The van der Waals surface area contributed by atoms with Gasteiger partial charge in [-0.15, -0.1) is 0 Å². The van der Waals surface area contributed by atoms with Gasteiger partial charge in [-0.3, -0.25) is 4.90 Å². The second-order valence-electron chi connectivity index (χ2n) is 5.16. The lowest BCUT2D eigenvalue weighted by molar-refractivity contribution is 0.139. The van der Waals surface area contributed by atoms with E-state index in [4.69, 9.17) is 4.42 Å². The van der Waals surface area contributed by atoms with Crippen molar-refractivity contribution in [1.29, 1.82) is 0 Å². The molecule has 0 unspecified atom stereocenters. The molecule has 0 atom stereocenters. The fourth-order valence-corrected chi connectivity index (χ4v) is 2.35. The summed E-state index contributed by atoms with van der Waals surface area (Å²) < 4.78 is 5.79. The third-order valence-corrected chi connectivity index (χ3v) is 3.54. The van der Waals surface area contributed by atoms with Crippen LogP contribution in [0.15, 0.2) is 22.6 Å². The number of benzene rings is 1. The molecule has 1 aromatic carbocycles. The summed E-state index contributed by atoms with van der Waals surface area (Å²) in [5.41, 5.74) is 3.09. The van der Waals surface area contributed by atoms with Gasteiger partial charge in [-0.2, -0.15) is 0 Å². The zero-order chi connectivity index (χ0) is 12.5. The van der Waals surface area contributed by atoms with E-state index in [9.17, 15) is 0 Å². The van der Waals surface area contributed by atoms with E-state index in [1.54, 1.807) is 0 Å². The first-order chi connectivity index (χ1) is 8.70. The summed E-state index contributed by atoms with van der Waals surface area (Å²) in [5.74, 6) is 0.833. The van der Waals surface area contributed by atoms with Gasteiger partial charge >= 0.3 is 0 Å². The van der Waals surface area contributed by atoms with E-state index in [-0.39, 0.29) is 0 Å². The van der Waals surface area contributed by atoms with E-state index < -0.39 is 0 Å². The van der Waals surface area contributed by atoms with Crippen LogP contribution in [0.2, 0.25) is 0 Å². The summed E-state index contributed by atoms with van der Waals surface area (Å²) in [6.07, 6.45) is 0. The SMILES string of the molecule is Cc1ccc2oc(CN3CCN(C)CC3)nc2c1. The molecule has 0 aliphatic carbocycles. The van der Waals surface area contributed by atoms with Crippen LogP contribution in [-0.4, -0.2) is 48.0 Å². The average molecular weight is 245 g/mol. The van der Waals surface area contributed by atoms with Crippen LogP contribution in [0.1, 0.15) is 11.5 Å². The van der Waals surface area contributed by atoms with Crippen molar-refractivity contribution in [2.45, 2.75) is 13.5 Å². The Morgan fingerprint density at radius 3 is 2.78 bits per heavy atom. The van der Waals surface area contributed by atoms with Crippen LogP contribution >= 0.6 is 0 Å². The Morgan fingerprint density at radius 2 is 2.00 bits per heavy atom. The maximum Gasteiger partial charge on any atom is 0.209 e. The molecule has 1 aliphatic rings. The standard InChI is InChI=1S/C14H19N3O/c1-11-3-4-13-12(9-11)15-14(18-13)10-17-7-5-16(2)6-8-17/h3-4,9H,5-8,10H2,1-2H3. The number of oxazole rings is 1. The van der Waals surface area contributed by atoms with Crippen molar-refractivity contribution in [3.63, 3.8) is 0 Å². The lowest BCUT2D eigenvalue weighted by Crippen LogP contribution is -2.43. The van der Waals surface area contributed by atoms with E-state index in [1.165, 1.54) is 5.56 Å². The maximum atomic E-state index is 5.79. The Hall–Kier alpha value is -1.39. The molecule has 2 heterocycles. The Labute approximate surface area is 107 Å². The number of nitrogens with zero attached hydrogens (tertiary/aromatic N) is 3. The number of aryl methyl sites for hydroxylation is 1. The Kier molecular flexibility index (Phi) is 3.06. The zero-order valence-corrected chi connectivity index (χ0v) is 11.0. The molecule has 2 aromatic rings. The molecule has 1 aliphatic heterocycles. The molecule has 4 heteroatoms. The molecule has 0 spiro atoms. The summed E-state index contributed by atoms with van der Waals surface area (Å²) in [7, 11) is 2.17. The lowest BCUT2D eigenvalue weighted by Gasteiger charge is -2.31. The third kappa shape index (κ3) is 2.40. The van der Waals surface area contributed by atoms with Crippen LogP contribution < -0.4 is 0 Å². The second-order valence-corrected chi connectivity index (χ2v) is 5.16. The van der Waals surface area contributed by atoms with Crippen molar-refractivity contribution in [3.8, 4) is 0 Å². The highest BCUT2D eigenvalue weighted by Crippen LogP contribution is 2.18. The van der Waals surface area contributed by atoms with E-state index in [2.05, 4.69) is 40.9 Å². The Balaban J connectivity index is 1.74. The average Bonchev–Trinajstić information content (AvgIpc) is 2.73. The minimum absolute atomic E-state index is 0.821. The largest absolute Gasteiger partial charge is 0.439 e. The van der Waals surface area contributed by atoms with Gasteiger partial charge < -0.3 is 9.32 Å². The number of hydrogen-bond acceptors (Lipinski definition) is 4. The highest BCUT2D eigenvalue weighted by Gasteiger charge is 2.16. The van der Waals surface area contributed by atoms with E-state index >= 15 is 0 Å². The van der Waals surface area contributed by atoms with Gasteiger partial charge in [0.15, 0.2) is 5.58 Å². The molecular weight excluding hydrogens is 226 g/mol. The summed E-state index contributed by atoms with van der Waals surface area (Å²) in [4.78, 5) is 9.32. The van der Waals surface area contributed by atoms with Gasteiger partial charge in [0.1, 0.15) is 5.52 Å². The smallest absolute Gasteiger partial charge is 0.209 e. The Bertz CT molecular complexity index is 541. The molecule has 0 saturated carbocycles. The molecule has 96 valence electrons. The van der Waals surface area contributed by atoms with Gasteiger partial charge in [0.25, 0.3) is 0 Å². The summed E-state index contributed by atoms with van der Waals surface area (Å²) in [6, 6.07) is 6.14. The quantitative estimate of drug-likeness (QED) is 0.808. The van der Waals surface area contributed by atoms with Crippen molar-refractivity contribution in [1.82, 2.24) is 14.8 Å². The summed E-state index contributed by atoms with van der Waals surface area (Å²) in [5, 5.41) is 0. The van der Waals surface area contributed by atoms with Gasteiger partial charge in [0.2, 0.25) is 5.89 Å². The fourth-order valence-electron chi connectivity index (χ4n) is 2.35. The van der Waals surface area contributed by atoms with Crippen LogP contribution in [0.5, 0.6) is 0 Å². The van der Waals surface area contributed by atoms with Gasteiger partial charge in [-0.1, -0.05) is 6.07 Å². The molecule has 0 amide bonds. The highest BCUT2D eigenvalue weighted by molar-refractivity contribution is 5.73. The zero-order valence-electron chi connectivity index (χ0n) is 11.0. The Morgan fingerprint density at radius 1 is 1.22 bits per heavy atom. The fraction of sp³-hybridized carbons (Fsp3) is 0.500. The molecule has 0 radical (unpaired) electrons. The van der Waals surface area contributed by atoms with Crippen molar-refractivity contribution in [3.05, 3.63) is 29.7 Å². The number of hydrogen-bond donors (Lipinski definition) is 0.